The largest absolute Gasteiger partial charge is 0.352 e. The van der Waals surface area contributed by atoms with E-state index in [2.05, 4.69) is 32.7 Å². The fourth-order valence-electron chi connectivity index (χ4n) is 5.41. The summed E-state index contributed by atoms with van der Waals surface area (Å²) in [6, 6.07) is 17.7. The molecular weight excluding hydrogens is 462 g/mol. The molecule has 0 bridgehead atoms. The quantitative estimate of drug-likeness (QED) is 0.240. The summed E-state index contributed by atoms with van der Waals surface area (Å²) in [5.41, 5.74) is 7.16. The predicted molar refractivity (Wildman–Crippen MR) is 145 cm³/mol. The molecule has 37 heavy (non-hydrogen) atoms. The van der Waals surface area contributed by atoms with Crippen molar-refractivity contribution in [1.82, 2.24) is 19.6 Å². The van der Waals surface area contributed by atoms with Crippen LogP contribution in [0.3, 0.4) is 0 Å². The number of hydrogen-bond acceptors (Lipinski definition) is 5. The van der Waals surface area contributed by atoms with Gasteiger partial charge >= 0.3 is 0 Å². The van der Waals surface area contributed by atoms with E-state index in [4.69, 9.17) is 0 Å². The van der Waals surface area contributed by atoms with Crippen LogP contribution in [0.15, 0.2) is 67.0 Å². The third-order valence-electron chi connectivity index (χ3n) is 7.45. The lowest BCUT2D eigenvalue weighted by molar-refractivity contribution is 0.0962. The number of likely N-dealkylation sites (tertiary alicyclic amines) is 1. The number of carbonyl (C=O) groups is 2. The van der Waals surface area contributed by atoms with Crippen LogP contribution in [0.2, 0.25) is 0 Å². The molecule has 0 atom stereocenters. The van der Waals surface area contributed by atoms with Gasteiger partial charge in [-0.1, -0.05) is 6.07 Å². The number of nitrogens with zero attached hydrogens (tertiary/aromatic N) is 3. The fourth-order valence-corrected chi connectivity index (χ4v) is 5.41. The van der Waals surface area contributed by atoms with Gasteiger partial charge in [-0.2, -0.15) is 0 Å². The van der Waals surface area contributed by atoms with Crippen molar-refractivity contribution in [2.45, 2.75) is 38.6 Å². The maximum Gasteiger partial charge on any atom is 0.251 e. The monoisotopic (exact) mass is 493 g/mol. The van der Waals surface area contributed by atoms with Crippen LogP contribution in [0.5, 0.6) is 0 Å². The van der Waals surface area contributed by atoms with Crippen LogP contribution < -0.4 is 10.6 Å². The number of hydrogen-bond donors (Lipinski definition) is 2. The van der Waals surface area contributed by atoms with Crippen LogP contribution in [-0.2, 0) is 6.54 Å². The average molecular weight is 494 g/mol. The van der Waals surface area contributed by atoms with Crippen LogP contribution in [0.4, 0.5) is 11.4 Å². The molecule has 7 nitrogen and oxygen atoms in total. The highest BCUT2D eigenvalue weighted by Crippen LogP contribution is 2.30. The molecule has 188 valence electrons. The third-order valence-corrected chi connectivity index (χ3v) is 7.45. The van der Waals surface area contributed by atoms with Crippen molar-refractivity contribution in [3.05, 3.63) is 83.7 Å². The Morgan fingerprint density at radius 2 is 1.84 bits per heavy atom. The van der Waals surface area contributed by atoms with Gasteiger partial charge in [-0.25, -0.2) is 4.98 Å². The molecule has 0 saturated carbocycles. The Morgan fingerprint density at radius 3 is 2.68 bits per heavy atom. The van der Waals surface area contributed by atoms with Crippen molar-refractivity contribution in [3.63, 3.8) is 0 Å². The van der Waals surface area contributed by atoms with Gasteiger partial charge in [-0.15, -0.1) is 0 Å². The number of anilines is 2. The van der Waals surface area contributed by atoms with Crippen molar-refractivity contribution < 1.29 is 9.59 Å². The van der Waals surface area contributed by atoms with Gasteiger partial charge in [0.2, 0.25) is 0 Å². The molecule has 2 aromatic carbocycles. The number of amides is 1. The zero-order valence-corrected chi connectivity index (χ0v) is 20.9. The Labute approximate surface area is 216 Å². The molecule has 0 radical (unpaired) electrons. The summed E-state index contributed by atoms with van der Waals surface area (Å²) in [5.74, 6) is 0.193. The molecule has 1 amide bonds. The molecular formula is C30H31N5O2. The van der Waals surface area contributed by atoms with Crippen LogP contribution in [0.1, 0.15) is 58.4 Å². The number of rotatable bonds is 9. The first kappa shape index (κ1) is 23.4. The molecule has 2 aromatic heterocycles. The number of imidazole rings is 1. The number of unbranched alkanes of at least 4 members (excludes halogenated alkanes) is 1. The Morgan fingerprint density at radius 1 is 1.00 bits per heavy atom. The number of benzene rings is 2. The molecule has 4 aromatic rings. The number of pyridine rings is 1. The molecule has 2 aliphatic rings. The lowest BCUT2D eigenvalue weighted by Gasteiger charge is -2.14. The van der Waals surface area contributed by atoms with Gasteiger partial charge in [0, 0.05) is 42.2 Å². The van der Waals surface area contributed by atoms with E-state index < -0.39 is 0 Å². The minimum atomic E-state index is -0.0147. The van der Waals surface area contributed by atoms with Gasteiger partial charge in [0.1, 0.15) is 0 Å². The molecule has 1 fully saturated rings. The van der Waals surface area contributed by atoms with E-state index >= 15 is 0 Å². The van der Waals surface area contributed by atoms with Crippen molar-refractivity contribution >= 4 is 28.7 Å². The minimum absolute atomic E-state index is 0.0147. The first-order valence-electron chi connectivity index (χ1n) is 13.2. The van der Waals surface area contributed by atoms with E-state index in [-0.39, 0.29) is 11.7 Å². The molecule has 1 saturated heterocycles. The molecule has 2 N–H and O–H groups in total. The molecule has 4 heterocycles. The van der Waals surface area contributed by atoms with Crippen LogP contribution in [0.25, 0.3) is 16.9 Å². The summed E-state index contributed by atoms with van der Waals surface area (Å²) in [4.78, 5) is 31.6. The highest BCUT2D eigenvalue weighted by Gasteiger charge is 2.20. The topological polar surface area (TPSA) is 78.7 Å². The number of fused-ring (bicyclic) bond motifs is 2. The molecule has 0 unspecified atom stereocenters. The Kier molecular flexibility index (Phi) is 6.45. The SMILES string of the molecule is O=C(CCCCN1CCCC1)c1ccc(Nc2ccc(-c3ccc4c(c3)CNC4=O)n3ccnc23)cc1. The molecule has 0 spiro atoms. The maximum atomic E-state index is 12.6. The summed E-state index contributed by atoms with van der Waals surface area (Å²) in [7, 11) is 0. The highest BCUT2D eigenvalue weighted by atomic mass is 16.2. The van der Waals surface area contributed by atoms with E-state index in [1.165, 1.54) is 25.9 Å². The molecule has 0 aliphatic carbocycles. The maximum absolute atomic E-state index is 12.6. The predicted octanol–water partition coefficient (Wildman–Crippen LogP) is 5.44. The number of ketones is 1. The van der Waals surface area contributed by atoms with Crippen molar-refractivity contribution in [1.29, 1.82) is 0 Å². The fraction of sp³-hybridized carbons (Fsp3) is 0.300. The van der Waals surface area contributed by atoms with E-state index in [1.807, 2.05) is 53.1 Å². The zero-order chi connectivity index (χ0) is 25.2. The third kappa shape index (κ3) is 4.87. The lowest BCUT2D eigenvalue weighted by atomic mass is 10.0. The van der Waals surface area contributed by atoms with E-state index in [1.54, 1.807) is 6.20 Å². The van der Waals surface area contributed by atoms with Gasteiger partial charge < -0.3 is 15.5 Å². The highest BCUT2D eigenvalue weighted by molar-refractivity contribution is 5.99. The molecule has 6 rings (SSSR count). The zero-order valence-electron chi connectivity index (χ0n) is 20.9. The number of nitrogens with one attached hydrogen (secondary N) is 2. The average Bonchev–Trinajstić information content (AvgIpc) is 3.69. The minimum Gasteiger partial charge on any atom is -0.352 e. The summed E-state index contributed by atoms with van der Waals surface area (Å²) in [6.45, 7) is 4.10. The second-order valence-corrected chi connectivity index (χ2v) is 9.94. The van der Waals surface area contributed by atoms with E-state index in [0.717, 1.165) is 64.4 Å². The van der Waals surface area contributed by atoms with Gasteiger partial charge in [-0.3, -0.25) is 14.0 Å². The van der Waals surface area contributed by atoms with Gasteiger partial charge in [0.05, 0.1) is 11.4 Å². The number of aromatic nitrogens is 2. The molecule has 7 heteroatoms. The normalized spacial score (nSPS) is 15.2. The van der Waals surface area contributed by atoms with Gasteiger partial charge in [-0.05, 0) is 105 Å². The Hall–Kier alpha value is -3.97. The van der Waals surface area contributed by atoms with Crippen LogP contribution in [-0.4, -0.2) is 45.6 Å². The number of carbonyl (C=O) groups excluding carboxylic acids is 2. The molecule has 2 aliphatic heterocycles. The number of Topliss-reactive ketones (excluding diaryl/α,β-unsaturated/α-hetero) is 1. The van der Waals surface area contributed by atoms with Crippen LogP contribution in [0, 0.1) is 0 Å². The van der Waals surface area contributed by atoms with Gasteiger partial charge in [0.15, 0.2) is 11.4 Å². The lowest BCUT2D eigenvalue weighted by Crippen LogP contribution is -2.20. The Bertz CT molecular complexity index is 1450. The smallest absolute Gasteiger partial charge is 0.251 e. The second kappa shape index (κ2) is 10.2. The standard InChI is InChI=1S/C30H31N5O2/c36-28(5-1-2-15-34-16-3-4-17-34)21-6-9-24(10-7-21)33-26-12-13-27(35-18-14-31-29(26)35)22-8-11-25-23(19-22)20-32-30(25)37/h6-14,18-19,33H,1-5,15-17,20H2,(H,32,37). The Balaban J connectivity index is 1.12. The van der Waals surface area contributed by atoms with Crippen molar-refractivity contribution in [3.8, 4) is 11.3 Å². The van der Waals surface area contributed by atoms with Crippen LogP contribution >= 0.6 is 0 Å². The summed E-state index contributed by atoms with van der Waals surface area (Å²) in [5, 5.41) is 6.33. The first-order chi connectivity index (χ1) is 18.2. The summed E-state index contributed by atoms with van der Waals surface area (Å²) in [6.07, 6.45) is 8.98. The first-order valence-corrected chi connectivity index (χ1v) is 13.2. The van der Waals surface area contributed by atoms with Gasteiger partial charge in [0.25, 0.3) is 5.91 Å². The summed E-state index contributed by atoms with van der Waals surface area (Å²) < 4.78 is 2.05. The van der Waals surface area contributed by atoms with E-state index in [9.17, 15) is 9.59 Å². The second-order valence-electron chi connectivity index (χ2n) is 9.94. The van der Waals surface area contributed by atoms with Crippen molar-refractivity contribution in [2.24, 2.45) is 0 Å². The summed E-state index contributed by atoms with van der Waals surface area (Å²) >= 11 is 0. The van der Waals surface area contributed by atoms with E-state index in [0.29, 0.717) is 13.0 Å². The van der Waals surface area contributed by atoms with Crippen molar-refractivity contribution in [2.75, 3.05) is 25.0 Å².